The summed E-state index contributed by atoms with van der Waals surface area (Å²) in [5.41, 5.74) is 2.61. The molecule has 2 unspecified atom stereocenters. The monoisotopic (exact) mass is 418 g/mol. The van der Waals surface area contributed by atoms with Crippen LogP contribution in [0.1, 0.15) is 50.6 Å². The standard InChI is InChI=1S/C20H30N6O2S/c1-7-15-11-25(16(8-2)10-24(15)14(5)27)18(28)9-17-12(3)21-19-22-20(29-6)23-26(19)13(17)4/h15-16H,7-11H2,1-6H3. The highest BCUT2D eigenvalue weighted by atomic mass is 32.2. The van der Waals surface area contributed by atoms with E-state index >= 15 is 0 Å². The summed E-state index contributed by atoms with van der Waals surface area (Å²) in [4.78, 5) is 38.2. The van der Waals surface area contributed by atoms with Crippen molar-refractivity contribution < 1.29 is 9.59 Å². The number of aromatic nitrogens is 4. The van der Waals surface area contributed by atoms with Crippen molar-refractivity contribution in [3.05, 3.63) is 17.0 Å². The summed E-state index contributed by atoms with van der Waals surface area (Å²) in [6.45, 7) is 10.8. The van der Waals surface area contributed by atoms with Crippen LogP contribution in [0.2, 0.25) is 0 Å². The molecule has 158 valence electrons. The Balaban J connectivity index is 1.88. The van der Waals surface area contributed by atoms with Crippen molar-refractivity contribution in [1.29, 1.82) is 0 Å². The van der Waals surface area contributed by atoms with Gasteiger partial charge < -0.3 is 9.80 Å². The minimum atomic E-state index is 0.0426. The number of hydrogen-bond donors (Lipinski definition) is 0. The highest BCUT2D eigenvalue weighted by molar-refractivity contribution is 7.98. The van der Waals surface area contributed by atoms with E-state index in [1.165, 1.54) is 11.8 Å². The van der Waals surface area contributed by atoms with E-state index in [4.69, 9.17) is 0 Å². The zero-order chi connectivity index (χ0) is 21.3. The number of hydrogen-bond acceptors (Lipinski definition) is 6. The van der Waals surface area contributed by atoms with E-state index in [2.05, 4.69) is 28.9 Å². The lowest BCUT2D eigenvalue weighted by Gasteiger charge is -2.46. The lowest BCUT2D eigenvalue weighted by atomic mass is 10.00. The Morgan fingerprint density at radius 1 is 1.07 bits per heavy atom. The highest BCUT2D eigenvalue weighted by Crippen LogP contribution is 2.23. The van der Waals surface area contributed by atoms with Crippen LogP contribution in [0, 0.1) is 13.8 Å². The van der Waals surface area contributed by atoms with Gasteiger partial charge in [-0.3, -0.25) is 9.59 Å². The lowest BCUT2D eigenvalue weighted by molar-refractivity contribution is -0.145. The van der Waals surface area contributed by atoms with Gasteiger partial charge in [-0.05, 0) is 32.9 Å². The second-order valence-electron chi connectivity index (χ2n) is 7.59. The van der Waals surface area contributed by atoms with Crippen molar-refractivity contribution in [2.75, 3.05) is 19.3 Å². The molecule has 2 aromatic heterocycles. The van der Waals surface area contributed by atoms with Gasteiger partial charge in [-0.15, -0.1) is 5.10 Å². The van der Waals surface area contributed by atoms with Crippen molar-refractivity contribution >= 4 is 29.4 Å². The van der Waals surface area contributed by atoms with Gasteiger partial charge in [0.25, 0.3) is 5.78 Å². The SMILES string of the molecule is CCC1CN(C(=O)Cc2c(C)nc3nc(SC)nn3c2C)C(CC)CN1C(C)=O. The Kier molecular flexibility index (Phi) is 6.45. The number of nitrogens with zero attached hydrogens (tertiary/aromatic N) is 6. The predicted molar refractivity (Wildman–Crippen MR) is 113 cm³/mol. The minimum absolute atomic E-state index is 0.0426. The van der Waals surface area contributed by atoms with Crippen LogP contribution in [0.25, 0.3) is 5.78 Å². The summed E-state index contributed by atoms with van der Waals surface area (Å²) < 4.78 is 1.72. The van der Waals surface area contributed by atoms with E-state index in [-0.39, 0.29) is 30.3 Å². The number of aryl methyl sites for hydroxylation is 2. The molecular weight excluding hydrogens is 388 g/mol. The van der Waals surface area contributed by atoms with E-state index in [1.807, 2.05) is 29.9 Å². The molecular formula is C20H30N6O2S. The van der Waals surface area contributed by atoms with Crippen molar-refractivity contribution in [3.8, 4) is 0 Å². The minimum Gasteiger partial charge on any atom is -0.336 e. The summed E-state index contributed by atoms with van der Waals surface area (Å²) in [6.07, 6.45) is 3.86. The molecule has 0 aliphatic carbocycles. The summed E-state index contributed by atoms with van der Waals surface area (Å²) in [6, 6.07) is 0.113. The van der Waals surface area contributed by atoms with Crippen LogP contribution in [-0.4, -0.2) is 72.6 Å². The number of amides is 2. The predicted octanol–water partition coefficient (Wildman–Crippen LogP) is 2.25. The number of carbonyl (C=O) groups is 2. The molecule has 1 fully saturated rings. The van der Waals surface area contributed by atoms with Crippen molar-refractivity contribution in [2.24, 2.45) is 0 Å². The first kappa shape index (κ1) is 21.5. The first-order chi connectivity index (χ1) is 13.8. The number of piperazine rings is 1. The molecule has 2 aromatic rings. The van der Waals surface area contributed by atoms with E-state index in [1.54, 1.807) is 11.4 Å². The molecule has 0 radical (unpaired) electrons. The van der Waals surface area contributed by atoms with E-state index in [9.17, 15) is 9.59 Å². The van der Waals surface area contributed by atoms with Gasteiger partial charge in [0.15, 0.2) is 0 Å². The van der Waals surface area contributed by atoms with Gasteiger partial charge in [0.2, 0.25) is 17.0 Å². The molecule has 29 heavy (non-hydrogen) atoms. The largest absolute Gasteiger partial charge is 0.336 e. The van der Waals surface area contributed by atoms with Crippen LogP contribution < -0.4 is 0 Å². The van der Waals surface area contributed by atoms with Crippen molar-refractivity contribution in [1.82, 2.24) is 29.4 Å². The fraction of sp³-hybridized carbons (Fsp3) is 0.650. The third-order valence-corrected chi connectivity index (χ3v) is 6.44. The first-order valence-corrected chi connectivity index (χ1v) is 11.4. The maximum Gasteiger partial charge on any atom is 0.253 e. The van der Waals surface area contributed by atoms with Gasteiger partial charge in [-0.25, -0.2) is 9.50 Å². The maximum absolute atomic E-state index is 13.3. The molecule has 8 nitrogen and oxygen atoms in total. The molecule has 0 spiro atoms. The van der Waals surface area contributed by atoms with Crippen molar-refractivity contribution in [3.63, 3.8) is 0 Å². The van der Waals surface area contributed by atoms with Crippen LogP contribution in [-0.2, 0) is 16.0 Å². The van der Waals surface area contributed by atoms with Crippen molar-refractivity contribution in [2.45, 2.75) is 71.1 Å². The zero-order valence-corrected chi connectivity index (χ0v) is 18.9. The quantitative estimate of drug-likeness (QED) is 0.693. The first-order valence-electron chi connectivity index (χ1n) is 10.1. The Labute approximate surface area is 176 Å². The molecule has 0 aromatic carbocycles. The maximum atomic E-state index is 13.3. The van der Waals surface area contributed by atoms with Crippen LogP contribution in [0.15, 0.2) is 5.16 Å². The number of thioether (sulfide) groups is 1. The van der Waals surface area contributed by atoms with E-state index < -0.39 is 0 Å². The summed E-state index contributed by atoms with van der Waals surface area (Å²) in [5.74, 6) is 0.726. The average molecular weight is 419 g/mol. The average Bonchev–Trinajstić information content (AvgIpc) is 3.12. The van der Waals surface area contributed by atoms with E-state index in [0.717, 1.165) is 29.8 Å². The summed E-state index contributed by atoms with van der Waals surface area (Å²) in [7, 11) is 0. The number of rotatable bonds is 5. The molecule has 3 heterocycles. The molecule has 3 rings (SSSR count). The zero-order valence-electron chi connectivity index (χ0n) is 18.1. The summed E-state index contributed by atoms with van der Waals surface area (Å²) in [5, 5.41) is 5.14. The smallest absolute Gasteiger partial charge is 0.253 e. The molecule has 1 aliphatic rings. The number of fused-ring (bicyclic) bond motifs is 1. The third kappa shape index (κ3) is 4.10. The molecule has 0 N–H and O–H groups in total. The van der Waals surface area contributed by atoms with Gasteiger partial charge in [-0.1, -0.05) is 25.6 Å². The second kappa shape index (κ2) is 8.69. The van der Waals surface area contributed by atoms with E-state index in [0.29, 0.717) is 24.0 Å². The third-order valence-electron chi connectivity index (χ3n) is 5.90. The van der Waals surface area contributed by atoms with Gasteiger partial charge in [-0.2, -0.15) is 4.98 Å². The van der Waals surface area contributed by atoms with Crippen LogP contribution in [0.5, 0.6) is 0 Å². The molecule has 0 saturated carbocycles. The lowest BCUT2D eigenvalue weighted by Crippen LogP contribution is -2.60. The summed E-state index contributed by atoms with van der Waals surface area (Å²) >= 11 is 1.47. The molecule has 1 aliphatic heterocycles. The van der Waals surface area contributed by atoms with Crippen LogP contribution in [0.4, 0.5) is 0 Å². The molecule has 2 atom stereocenters. The van der Waals surface area contributed by atoms with Crippen LogP contribution in [0.3, 0.4) is 0 Å². The molecule has 1 saturated heterocycles. The normalized spacial score (nSPS) is 19.8. The van der Waals surface area contributed by atoms with Gasteiger partial charge in [0.05, 0.1) is 6.42 Å². The second-order valence-corrected chi connectivity index (χ2v) is 8.36. The fourth-order valence-electron chi connectivity index (χ4n) is 4.12. The van der Waals surface area contributed by atoms with Gasteiger partial charge in [0.1, 0.15) is 0 Å². The highest BCUT2D eigenvalue weighted by Gasteiger charge is 2.36. The fourth-order valence-corrected chi connectivity index (χ4v) is 4.46. The Hall–Kier alpha value is -2.16. The van der Waals surface area contributed by atoms with Gasteiger partial charge >= 0.3 is 0 Å². The molecule has 2 amide bonds. The van der Waals surface area contributed by atoms with Crippen LogP contribution >= 0.6 is 11.8 Å². The molecule has 9 heteroatoms. The molecule has 0 bridgehead atoms. The number of carbonyl (C=O) groups excluding carboxylic acids is 2. The Bertz CT molecular complexity index is 927. The Morgan fingerprint density at radius 2 is 1.69 bits per heavy atom. The topological polar surface area (TPSA) is 83.7 Å². The van der Waals surface area contributed by atoms with Gasteiger partial charge in [0, 0.05) is 49.0 Å². The Morgan fingerprint density at radius 3 is 2.28 bits per heavy atom.